The molecule has 26 heavy (non-hydrogen) atoms. The van der Waals surface area contributed by atoms with Gasteiger partial charge in [0.25, 0.3) is 0 Å². The Kier molecular flexibility index (Phi) is 7.96. The number of nitrogens with one attached hydrogen (secondary N) is 2. The summed E-state index contributed by atoms with van der Waals surface area (Å²) in [5.41, 5.74) is -0.189. The lowest BCUT2D eigenvalue weighted by Gasteiger charge is -2.45. The van der Waals surface area contributed by atoms with Crippen molar-refractivity contribution in [2.45, 2.75) is 65.3 Å². The number of urea groups is 1. The van der Waals surface area contributed by atoms with Crippen LogP contribution in [0.25, 0.3) is 0 Å². The summed E-state index contributed by atoms with van der Waals surface area (Å²) in [5.74, 6) is -1.14. The second-order valence-corrected chi connectivity index (χ2v) is 8.26. The Morgan fingerprint density at radius 1 is 1.15 bits per heavy atom. The van der Waals surface area contributed by atoms with Gasteiger partial charge in [-0.15, -0.1) is 0 Å². The summed E-state index contributed by atoms with van der Waals surface area (Å²) in [6.45, 7) is 6.59. The predicted molar refractivity (Wildman–Crippen MR) is 95.5 cm³/mol. The van der Waals surface area contributed by atoms with Crippen molar-refractivity contribution in [1.29, 1.82) is 0 Å². The number of hydrogen-bond donors (Lipinski definition) is 3. The second-order valence-electron chi connectivity index (χ2n) is 8.26. The Morgan fingerprint density at radius 3 is 2.46 bits per heavy atom. The Balaban J connectivity index is 2.41. The minimum absolute atomic E-state index is 0.0102. The lowest BCUT2D eigenvalue weighted by molar-refractivity contribution is -0.137. The van der Waals surface area contributed by atoms with E-state index in [1.165, 1.54) is 0 Å². The molecule has 0 radical (unpaired) electrons. The van der Waals surface area contributed by atoms with E-state index in [2.05, 4.69) is 36.4 Å². The van der Waals surface area contributed by atoms with Gasteiger partial charge in [0.05, 0.1) is 12.6 Å². The number of isocyanates is 1. The van der Waals surface area contributed by atoms with Crippen LogP contribution in [0.4, 0.5) is 4.79 Å². The van der Waals surface area contributed by atoms with Gasteiger partial charge in [-0.2, -0.15) is 0 Å². The van der Waals surface area contributed by atoms with Crippen molar-refractivity contribution in [3.63, 3.8) is 0 Å². The van der Waals surface area contributed by atoms with E-state index in [0.29, 0.717) is 13.0 Å². The van der Waals surface area contributed by atoms with Crippen molar-refractivity contribution in [3.05, 3.63) is 0 Å². The van der Waals surface area contributed by atoms with Crippen molar-refractivity contribution in [2.75, 3.05) is 13.1 Å². The van der Waals surface area contributed by atoms with E-state index in [1.807, 2.05) is 0 Å². The number of ketones is 1. The zero-order valence-electron chi connectivity index (χ0n) is 15.8. The van der Waals surface area contributed by atoms with Crippen LogP contribution in [0.2, 0.25) is 0 Å². The van der Waals surface area contributed by atoms with Gasteiger partial charge in [-0.1, -0.05) is 20.8 Å². The van der Waals surface area contributed by atoms with Crippen LogP contribution in [0, 0.1) is 10.8 Å². The summed E-state index contributed by atoms with van der Waals surface area (Å²) in [6, 6.07) is -0.529. The zero-order chi connectivity index (χ0) is 19.8. The molecular formula is C18H29N3O5. The van der Waals surface area contributed by atoms with Crippen LogP contribution >= 0.6 is 0 Å². The van der Waals surface area contributed by atoms with E-state index in [4.69, 9.17) is 5.11 Å². The minimum atomic E-state index is -0.940. The number of carbonyl (C=O) groups is 3. The maximum atomic E-state index is 11.9. The van der Waals surface area contributed by atoms with Gasteiger partial charge >= 0.3 is 12.0 Å². The van der Waals surface area contributed by atoms with E-state index < -0.39 is 12.0 Å². The average Bonchev–Trinajstić information content (AvgIpc) is 2.49. The summed E-state index contributed by atoms with van der Waals surface area (Å²) >= 11 is 0. The molecule has 0 aromatic rings. The van der Waals surface area contributed by atoms with E-state index in [0.717, 1.165) is 12.8 Å². The van der Waals surface area contributed by atoms with E-state index in [-0.39, 0.29) is 48.5 Å². The lowest BCUT2D eigenvalue weighted by Crippen LogP contribution is -2.47. The molecule has 1 aliphatic carbocycles. The van der Waals surface area contributed by atoms with Gasteiger partial charge in [0.15, 0.2) is 5.78 Å². The number of carboxylic acids is 1. The zero-order valence-corrected chi connectivity index (χ0v) is 15.8. The Hall–Kier alpha value is -2.21. The third-order valence-corrected chi connectivity index (χ3v) is 4.63. The maximum Gasteiger partial charge on any atom is 0.315 e. The number of nitrogens with zero attached hydrogens (tertiary/aromatic N) is 1. The summed E-state index contributed by atoms with van der Waals surface area (Å²) < 4.78 is 0. The molecule has 8 nitrogen and oxygen atoms in total. The van der Waals surface area contributed by atoms with Gasteiger partial charge in [-0.25, -0.2) is 14.6 Å². The third kappa shape index (κ3) is 8.25. The molecule has 0 aromatic carbocycles. The molecular weight excluding hydrogens is 338 g/mol. The molecule has 2 atom stereocenters. The molecule has 0 aromatic heterocycles. The lowest BCUT2D eigenvalue weighted by atomic mass is 9.63. The summed E-state index contributed by atoms with van der Waals surface area (Å²) in [4.78, 5) is 48.4. The van der Waals surface area contributed by atoms with Crippen LogP contribution in [0.1, 0.15) is 59.3 Å². The number of Topliss-reactive ketones (excluding diaryl/α,β-unsaturated/α-hetero) is 1. The number of aliphatic carboxylic acids is 1. The first-order valence-corrected chi connectivity index (χ1v) is 8.87. The number of carboxylic acid groups (broad SMARTS) is 1. The Labute approximate surface area is 153 Å². The van der Waals surface area contributed by atoms with Crippen molar-refractivity contribution in [1.82, 2.24) is 10.6 Å². The number of hydrogen-bond acceptors (Lipinski definition) is 5. The van der Waals surface area contributed by atoms with E-state index >= 15 is 0 Å². The first kappa shape index (κ1) is 21.8. The van der Waals surface area contributed by atoms with Gasteiger partial charge in [-0.3, -0.25) is 9.59 Å². The normalized spacial score (nSPS) is 24.2. The van der Waals surface area contributed by atoms with Crippen molar-refractivity contribution < 1.29 is 24.3 Å². The highest BCUT2D eigenvalue weighted by Gasteiger charge is 2.41. The molecule has 0 aliphatic heterocycles. The highest BCUT2D eigenvalue weighted by atomic mass is 16.4. The average molecular weight is 367 g/mol. The molecule has 8 heteroatoms. The molecule has 2 unspecified atom stereocenters. The van der Waals surface area contributed by atoms with Gasteiger partial charge in [0, 0.05) is 19.4 Å². The van der Waals surface area contributed by atoms with Crippen molar-refractivity contribution in [2.24, 2.45) is 15.8 Å². The van der Waals surface area contributed by atoms with Crippen LogP contribution in [0.3, 0.4) is 0 Å². The SMILES string of the molecule is CC1(C)CC(N=C=O)CC(C)(CNC(=O)NCC(=O)CCCC(=O)O)C1. The summed E-state index contributed by atoms with van der Waals surface area (Å²) in [7, 11) is 0. The van der Waals surface area contributed by atoms with Crippen LogP contribution in [-0.2, 0) is 14.4 Å². The van der Waals surface area contributed by atoms with Crippen LogP contribution in [-0.4, -0.2) is 48.1 Å². The maximum absolute atomic E-state index is 11.9. The smallest absolute Gasteiger partial charge is 0.315 e. The fourth-order valence-corrected chi connectivity index (χ4v) is 3.94. The Morgan fingerprint density at radius 2 is 1.85 bits per heavy atom. The second kappa shape index (κ2) is 9.48. The fraction of sp³-hybridized carbons (Fsp3) is 0.778. The number of aliphatic imine (C=N–C) groups is 1. The number of carbonyl (C=O) groups excluding carboxylic acids is 3. The quantitative estimate of drug-likeness (QED) is 0.425. The monoisotopic (exact) mass is 367 g/mol. The van der Waals surface area contributed by atoms with Gasteiger partial charge in [-0.05, 0) is 36.5 Å². The summed E-state index contributed by atoms with van der Waals surface area (Å²) in [6.07, 6.45) is 4.37. The van der Waals surface area contributed by atoms with Gasteiger partial charge in [0.2, 0.25) is 6.08 Å². The van der Waals surface area contributed by atoms with Gasteiger partial charge in [0.1, 0.15) is 0 Å². The topological polar surface area (TPSA) is 125 Å². The molecule has 1 rings (SSSR count). The van der Waals surface area contributed by atoms with Gasteiger partial charge < -0.3 is 15.7 Å². The molecule has 0 bridgehead atoms. The van der Waals surface area contributed by atoms with Crippen LogP contribution in [0.15, 0.2) is 4.99 Å². The molecule has 0 saturated heterocycles. The fourth-order valence-electron chi connectivity index (χ4n) is 3.94. The molecule has 1 fully saturated rings. The summed E-state index contributed by atoms with van der Waals surface area (Å²) in [5, 5.41) is 13.8. The predicted octanol–water partition coefficient (Wildman–Crippen LogP) is 2.03. The molecule has 146 valence electrons. The standard InChI is InChI=1S/C18H29N3O5/c1-17(2)7-13(21-12-22)8-18(3,10-17)11-20-16(26)19-9-14(23)5-4-6-15(24)25/h13H,4-11H2,1-3H3,(H,24,25)(H2,19,20,26). The molecule has 3 N–H and O–H groups in total. The van der Waals surface area contributed by atoms with Crippen molar-refractivity contribution >= 4 is 23.9 Å². The van der Waals surface area contributed by atoms with Crippen LogP contribution in [0.5, 0.6) is 0 Å². The highest BCUT2D eigenvalue weighted by molar-refractivity contribution is 5.85. The van der Waals surface area contributed by atoms with E-state index in [1.54, 1.807) is 6.08 Å². The molecule has 0 heterocycles. The molecule has 1 aliphatic rings. The Bertz CT molecular complexity index is 583. The molecule has 2 amide bonds. The number of rotatable bonds is 9. The highest BCUT2D eigenvalue weighted by Crippen LogP contribution is 2.46. The molecule has 0 spiro atoms. The molecule has 1 saturated carbocycles. The number of amides is 2. The third-order valence-electron chi connectivity index (χ3n) is 4.63. The van der Waals surface area contributed by atoms with Crippen LogP contribution < -0.4 is 10.6 Å². The minimum Gasteiger partial charge on any atom is -0.481 e. The van der Waals surface area contributed by atoms with E-state index in [9.17, 15) is 19.2 Å². The first-order chi connectivity index (χ1) is 12.1. The van der Waals surface area contributed by atoms with Crippen molar-refractivity contribution in [3.8, 4) is 0 Å². The largest absolute Gasteiger partial charge is 0.481 e. The first-order valence-electron chi connectivity index (χ1n) is 8.87.